The maximum atomic E-state index is 14.2. The molecule has 10 N–H and O–H groups in total. The van der Waals surface area contributed by atoms with Gasteiger partial charge in [-0.05, 0) is 104 Å². The molecule has 20 amide bonds. The van der Waals surface area contributed by atoms with Gasteiger partial charge >= 0.3 is 18.1 Å². The number of hydrogen-bond donors (Lipinski definition) is 8. The fourth-order valence-corrected chi connectivity index (χ4v) is 14.1. The Morgan fingerprint density at radius 3 is 1.55 bits per heavy atom. The van der Waals surface area contributed by atoms with E-state index in [-0.39, 0.29) is 94.4 Å². The number of aliphatic carboxylic acids is 1. The molecule has 3 aliphatic rings. The molecular weight excluding hydrogens is 1780 g/mol. The number of ether oxygens (including phenoxy) is 2. The number of hydrogen-bond acceptors (Lipinski definition) is 25. The fourth-order valence-electron chi connectivity index (χ4n) is 14.1. The number of anilines is 3. The lowest BCUT2D eigenvalue weighted by Crippen LogP contribution is -2.54. The quantitative estimate of drug-likeness (QED) is 0.0218. The van der Waals surface area contributed by atoms with Crippen molar-refractivity contribution in [3.05, 3.63) is 124 Å². The van der Waals surface area contributed by atoms with Gasteiger partial charge in [0.05, 0.1) is 95.3 Å². The number of carbonyl (C=O) groups excluding carboxylic acids is 19. The molecule has 3 aromatic carbocycles. The van der Waals surface area contributed by atoms with Crippen molar-refractivity contribution in [3.8, 4) is 5.75 Å². The lowest BCUT2D eigenvalue weighted by atomic mass is 10.0. The average Bonchev–Trinajstić information content (AvgIpc) is 1.60. The van der Waals surface area contributed by atoms with Crippen LogP contribution in [0.15, 0.2) is 95.6 Å². The highest BCUT2D eigenvalue weighted by Crippen LogP contribution is 2.32. The van der Waals surface area contributed by atoms with E-state index in [0.717, 1.165) is 84.6 Å². The number of likely N-dealkylation sites (N-methyl/N-ethyl adjacent to an activating group) is 10. The van der Waals surface area contributed by atoms with Crippen molar-refractivity contribution < 1.29 is 110 Å². The summed E-state index contributed by atoms with van der Waals surface area (Å²) in [5, 5.41) is 22.6. The van der Waals surface area contributed by atoms with Gasteiger partial charge in [0.1, 0.15) is 36.8 Å². The minimum Gasteiger partial charge on any atom is -0.493 e. The van der Waals surface area contributed by atoms with E-state index in [4.69, 9.17) is 26.0 Å². The minimum absolute atomic E-state index is 0.00359. The highest BCUT2D eigenvalue weighted by molar-refractivity contribution is 6.28. The van der Waals surface area contributed by atoms with Gasteiger partial charge in [-0.1, -0.05) is 52.0 Å². The van der Waals surface area contributed by atoms with E-state index in [1.807, 2.05) is 18.7 Å². The first-order valence-corrected chi connectivity index (χ1v) is 44.4. The number of carbonyl (C=O) groups is 20. The summed E-state index contributed by atoms with van der Waals surface area (Å²) in [5.74, 6) is -11.7. The number of carboxylic acid groups (broad SMARTS) is 1. The number of nitrogens with zero attached hydrogens (tertiary/aromatic N) is 15. The molecule has 0 fully saturated rings. The monoisotopic (exact) mass is 1900 g/mol. The zero-order valence-corrected chi connectivity index (χ0v) is 79.8. The van der Waals surface area contributed by atoms with Crippen molar-refractivity contribution in [1.29, 1.82) is 0 Å². The first kappa shape index (κ1) is 109. The molecule has 0 radical (unpaired) electrons. The number of amidine groups is 1. The van der Waals surface area contributed by atoms with Crippen molar-refractivity contribution >= 4 is 153 Å². The lowest BCUT2D eigenvalue weighted by molar-refractivity contribution is -0.147. The molecule has 2 atom stereocenters. The predicted octanol–water partition coefficient (Wildman–Crippen LogP) is 0.356. The minimum atomic E-state index is -1.25. The Bertz CT molecular complexity index is 5270. The summed E-state index contributed by atoms with van der Waals surface area (Å²) in [6.45, 7) is 3.72. The van der Waals surface area contributed by atoms with Crippen LogP contribution in [0.1, 0.15) is 117 Å². The van der Waals surface area contributed by atoms with E-state index in [0.29, 0.717) is 76.5 Å². The van der Waals surface area contributed by atoms with Crippen LogP contribution in [0.25, 0.3) is 6.08 Å². The number of primary amides is 1. The molecule has 740 valence electrons. The number of aromatic nitrogens is 1. The molecule has 0 bridgehead atoms. The third-order valence-corrected chi connectivity index (χ3v) is 22.3. The van der Waals surface area contributed by atoms with E-state index < -0.39 is 196 Å². The number of pyridine rings is 1. The van der Waals surface area contributed by atoms with Gasteiger partial charge in [-0.2, -0.15) is 0 Å². The molecule has 0 saturated heterocycles. The summed E-state index contributed by atoms with van der Waals surface area (Å²) in [4.78, 5) is 285. The number of aryl methyl sites for hydroxylation is 1. The van der Waals surface area contributed by atoms with Crippen LogP contribution >= 0.6 is 0 Å². The molecule has 45 heteroatoms. The van der Waals surface area contributed by atoms with Gasteiger partial charge in [-0.25, -0.2) is 19.5 Å². The zero-order valence-electron chi connectivity index (χ0n) is 79.8. The number of fused-ring (bicyclic) bond motifs is 2. The molecule has 137 heavy (non-hydrogen) atoms. The number of nitrogens with two attached hydrogens (primary N) is 2. The van der Waals surface area contributed by atoms with E-state index in [2.05, 4.69) is 36.6 Å². The van der Waals surface area contributed by atoms with Crippen molar-refractivity contribution in [3.63, 3.8) is 0 Å². The third kappa shape index (κ3) is 33.4. The Hall–Kier alpha value is -15.2. The van der Waals surface area contributed by atoms with Gasteiger partial charge in [0.2, 0.25) is 82.7 Å². The number of imide groups is 1. The topological polar surface area (TPSA) is 560 Å². The summed E-state index contributed by atoms with van der Waals surface area (Å²) in [7, 11) is 13.0. The van der Waals surface area contributed by atoms with Gasteiger partial charge in [0, 0.05) is 169 Å². The summed E-state index contributed by atoms with van der Waals surface area (Å²) in [6.07, 6.45) is 6.91. The highest BCUT2D eigenvalue weighted by Gasteiger charge is 2.34. The molecule has 1 aromatic heterocycles. The van der Waals surface area contributed by atoms with Crippen LogP contribution in [0.4, 0.5) is 32.3 Å². The second kappa shape index (κ2) is 51.9. The van der Waals surface area contributed by atoms with Gasteiger partial charge < -0.3 is 111 Å². The van der Waals surface area contributed by atoms with E-state index in [1.165, 1.54) is 87.5 Å². The Kier molecular flexibility index (Phi) is 41.2. The number of benzene rings is 3. The largest absolute Gasteiger partial charge is 0.493 e. The highest BCUT2D eigenvalue weighted by atomic mass is 16.6. The SMILES string of the molecule is CCCN(CCC)C(=O)C1=Cc2ccc(C(=O)Nc3cnc4c(c3)CN(C(=O)OCc3ccc(NC(=O)[C@H](CCCNC(N)=O)NC(=O)[C@@H](NC(=O)CCc5ccc(N6C(=O)C=CC6=O)cc5OCCCC(=O)N(C)CC(=O)N(C)CC(=O)N(C)CC(=O)N(C)CC(=O)N(C)CC(=O)N(C)CC(=O)N(C)CC(=O)N(C)CC(=O)N(C)CC(=O)N(C)CC(=O)O)C(C)C)cc3)CC4)cc2N=C(N)C1. The van der Waals surface area contributed by atoms with Crippen LogP contribution in [-0.2, 0) is 112 Å². The fraction of sp³-hybridized carbons (Fsp3) is 0.478. The van der Waals surface area contributed by atoms with Crippen LogP contribution in [0.5, 0.6) is 5.75 Å². The number of rotatable bonds is 48. The Morgan fingerprint density at radius 2 is 1.07 bits per heavy atom. The second-order valence-corrected chi connectivity index (χ2v) is 34.0. The first-order valence-electron chi connectivity index (χ1n) is 44.4. The average molecular weight is 1910 g/mol. The number of amides is 20. The van der Waals surface area contributed by atoms with Gasteiger partial charge in [-0.15, -0.1) is 0 Å². The number of aliphatic imine (C=N–C) groups is 1. The maximum Gasteiger partial charge on any atom is 0.410 e. The summed E-state index contributed by atoms with van der Waals surface area (Å²) in [5.41, 5.74) is 16.8. The summed E-state index contributed by atoms with van der Waals surface area (Å²) < 4.78 is 11.9. The van der Waals surface area contributed by atoms with Gasteiger partial charge in [-0.3, -0.25) is 91.3 Å². The van der Waals surface area contributed by atoms with Crippen LogP contribution in [0.2, 0.25) is 0 Å². The van der Waals surface area contributed by atoms with Crippen molar-refractivity contribution in [1.82, 2.24) is 79.7 Å². The maximum absolute atomic E-state index is 14.2. The van der Waals surface area contributed by atoms with Crippen molar-refractivity contribution in [2.75, 3.05) is 184 Å². The normalized spacial score (nSPS) is 12.8. The van der Waals surface area contributed by atoms with Crippen LogP contribution in [0, 0.1) is 5.92 Å². The summed E-state index contributed by atoms with van der Waals surface area (Å²) in [6, 6.07) is 14.4. The molecule has 45 nitrogen and oxygen atoms in total. The van der Waals surface area contributed by atoms with E-state index in [1.54, 1.807) is 80.7 Å². The van der Waals surface area contributed by atoms with Crippen LogP contribution < -0.4 is 47.7 Å². The molecule has 7 rings (SSSR count). The smallest absolute Gasteiger partial charge is 0.410 e. The lowest BCUT2D eigenvalue weighted by Gasteiger charge is -2.28. The standard InChI is InChI=1S/C92H124N22O23/c1-15-35-112(36-16-2)90(133)62-39-60-23-24-61(41-69(60)99-71(93)42-62)87(130)98-65-40-63-45-113(37-33-67(63)96-44-65)92(135)137-56-58-21-27-64(28-22-58)97-88(131)68(19-17-34-95-91(94)134)100-89(132)86(57(3)4)101-72(115)30-26-59-25-29-66(114-74(117)31-32-75(114)118)43-70(59)136-38-18-20-73(116)102(5)46-76(119)103(6)47-77(120)104(7)48-78(121)105(8)49-79(122)106(9)50-80(123)107(10)51-81(124)108(11)52-82(125)109(12)53-83(126)110(13)54-84(127)111(14)55-85(128)129/h21-25,27-29,31-32,39-41,43-44,57,68,86H,15-20,26,30,33-38,42,45-56H2,1-14H3,(H2,93,99)(H,97,131)(H,98,130)(H,100,132)(H,101,115)(H,128,129)(H3,94,95,134)/t68-,86-/m0/s1. The molecule has 4 aromatic rings. The Labute approximate surface area is 793 Å². The van der Waals surface area contributed by atoms with E-state index in [9.17, 15) is 95.9 Å². The number of carboxylic acids is 1. The molecule has 0 saturated carbocycles. The van der Waals surface area contributed by atoms with Crippen molar-refractivity contribution in [2.45, 2.75) is 117 Å². The number of nitrogens with one attached hydrogen (secondary N) is 5. The Balaban J connectivity index is 0.842. The molecule has 0 aliphatic carbocycles. The van der Waals surface area contributed by atoms with Crippen LogP contribution in [0.3, 0.4) is 0 Å². The second-order valence-electron chi connectivity index (χ2n) is 34.0. The molecule has 0 unspecified atom stereocenters. The molecule has 3 aliphatic heterocycles. The molecular formula is C92H124N22O23. The predicted molar refractivity (Wildman–Crippen MR) is 500 cm³/mol. The third-order valence-electron chi connectivity index (χ3n) is 22.3. The summed E-state index contributed by atoms with van der Waals surface area (Å²) >= 11 is 0. The zero-order chi connectivity index (χ0) is 101. The number of urea groups is 1. The van der Waals surface area contributed by atoms with Crippen molar-refractivity contribution in [2.24, 2.45) is 22.4 Å². The Morgan fingerprint density at radius 1 is 0.562 bits per heavy atom. The van der Waals surface area contributed by atoms with E-state index >= 15 is 0 Å². The first-order chi connectivity index (χ1) is 64.7. The van der Waals surface area contributed by atoms with Gasteiger partial charge in [0.15, 0.2) is 0 Å². The molecule has 0 spiro atoms. The van der Waals surface area contributed by atoms with Crippen LogP contribution in [-0.4, -0.2) is 374 Å². The molecule has 4 heterocycles. The van der Waals surface area contributed by atoms with Gasteiger partial charge in [0.25, 0.3) is 17.7 Å².